The molecule has 0 saturated carbocycles. The van der Waals surface area contributed by atoms with Crippen molar-refractivity contribution in [2.45, 2.75) is 67.0 Å². The average Bonchev–Trinajstić information content (AvgIpc) is 2.22. The van der Waals surface area contributed by atoms with E-state index in [0.717, 1.165) is 0 Å². The minimum Gasteiger partial charge on any atom is -0.305 e. The van der Waals surface area contributed by atoms with E-state index in [-0.39, 0.29) is 41.4 Å². The Morgan fingerprint density at radius 2 is 1.44 bits per heavy atom. The summed E-state index contributed by atoms with van der Waals surface area (Å²) in [7, 11) is 0. The molecule has 1 N–H and O–H groups in total. The molecule has 0 bridgehead atoms. The number of ketones is 2. The Balaban J connectivity index is 4.60. The van der Waals surface area contributed by atoms with Crippen LogP contribution in [0.15, 0.2) is 0 Å². The zero-order chi connectivity index (χ0) is 14.5. The highest BCUT2D eigenvalue weighted by Crippen LogP contribution is 2.21. The predicted octanol–water partition coefficient (Wildman–Crippen LogP) is 2.83. The van der Waals surface area contributed by atoms with Crippen LogP contribution in [-0.4, -0.2) is 23.7 Å². The summed E-state index contributed by atoms with van der Waals surface area (Å²) in [6.45, 7) is 13.7. The highest BCUT2D eigenvalue weighted by Gasteiger charge is 2.28. The number of hydrogen-bond acceptors (Lipinski definition) is 3. The van der Waals surface area contributed by atoms with Gasteiger partial charge in [-0.15, -0.1) is 0 Å². The number of hydrogen-bond donors (Lipinski definition) is 1. The fourth-order valence-electron chi connectivity index (χ4n) is 2.08. The van der Waals surface area contributed by atoms with Gasteiger partial charge in [-0.25, -0.2) is 0 Å². The first kappa shape index (κ1) is 17.3. The third kappa shape index (κ3) is 5.76. The van der Waals surface area contributed by atoms with Crippen molar-refractivity contribution in [3.63, 3.8) is 0 Å². The molecule has 0 radical (unpaired) electrons. The lowest BCUT2D eigenvalue weighted by Gasteiger charge is -2.23. The smallest absolute Gasteiger partial charge is 0.150 e. The third-order valence-corrected chi connectivity index (χ3v) is 3.23. The van der Waals surface area contributed by atoms with Gasteiger partial charge < -0.3 is 5.32 Å². The number of rotatable bonds is 8. The molecule has 0 amide bonds. The quantitative estimate of drug-likeness (QED) is 0.725. The molecule has 0 spiro atoms. The molecule has 3 nitrogen and oxygen atoms in total. The Bertz CT molecular complexity index is 282. The maximum absolute atomic E-state index is 12.1. The first-order valence-corrected chi connectivity index (χ1v) is 6.99. The van der Waals surface area contributed by atoms with Gasteiger partial charge in [0.15, 0.2) is 0 Å². The number of nitrogens with one attached hydrogen (secondary N) is 1. The zero-order valence-corrected chi connectivity index (χ0v) is 12.9. The molecule has 0 aliphatic carbocycles. The van der Waals surface area contributed by atoms with Gasteiger partial charge in [0.2, 0.25) is 0 Å². The van der Waals surface area contributed by atoms with E-state index in [0.29, 0.717) is 6.42 Å². The van der Waals surface area contributed by atoms with E-state index < -0.39 is 0 Å². The van der Waals surface area contributed by atoms with Crippen molar-refractivity contribution in [2.24, 2.45) is 17.8 Å². The topological polar surface area (TPSA) is 46.2 Å². The molecular formula is C15H29NO2. The SMILES string of the molecule is CC(C)NC(C)C(=O)CC(C(=O)C(C)C)C(C)C. The number of carbonyl (C=O) groups is 2. The largest absolute Gasteiger partial charge is 0.305 e. The first-order valence-electron chi connectivity index (χ1n) is 6.99. The van der Waals surface area contributed by atoms with Crippen molar-refractivity contribution in [1.29, 1.82) is 0 Å². The van der Waals surface area contributed by atoms with Gasteiger partial charge in [-0.3, -0.25) is 9.59 Å². The van der Waals surface area contributed by atoms with Crippen LogP contribution in [0, 0.1) is 17.8 Å². The number of carbonyl (C=O) groups excluding carboxylic acids is 2. The average molecular weight is 255 g/mol. The molecule has 0 aromatic rings. The zero-order valence-electron chi connectivity index (χ0n) is 12.9. The van der Waals surface area contributed by atoms with E-state index in [1.165, 1.54) is 0 Å². The Morgan fingerprint density at radius 1 is 0.944 bits per heavy atom. The lowest BCUT2D eigenvalue weighted by molar-refractivity contribution is -0.132. The minimum atomic E-state index is -0.175. The molecule has 0 aliphatic rings. The predicted molar refractivity (Wildman–Crippen MR) is 75.5 cm³/mol. The molecule has 0 rings (SSSR count). The van der Waals surface area contributed by atoms with Crippen LogP contribution in [0.1, 0.15) is 54.9 Å². The van der Waals surface area contributed by atoms with Gasteiger partial charge in [0.25, 0.3) is 0 Å². The maximum Gasteiger partial charge on any atom is 0.150 e. The Kier molecular flexibility index (Phi) is 7.37. The standard InChI is InChI=1S/C15H29NO2/c1-9(2)13(15(18)10(3)4)8-14(17)12(7)16-11(5)6/h9-13,16H,8H2,1-7H3. The van der Waals surface area contributed by atoms with Crippen molar-refractivity contribution in [3.05, 3.63) is 0 Å². The maximum atomic E-state index is 12.1. The van der Waals surface area contributed by atoms with E-state index in [2.05, 4.69) is 5.32 Å². The van der Waals surface area contributed by atoms with E-state index >= 15 is 0 Å². The van der Waals surface area contributed by atoms with Crippen LogP contribution in [-0.2, 0) is 9.59 Å². The molecule has 2 atom stereocenters. The van der Waals surface area contributed by atoms with Gasteiger partial charge in [0.05, 0.1) is 6.04 Å². The normalized spacial score (nSPS) is 15.2. The van der Waals surface area contributed by atoms with Crippen molar-refractivity contribution in [2.75, 3.05) is 0 Å². The van der Waals surface area contributed by atoms with E-state index in [1.807, 2.05) is 48.5 Å². The van der Waals surface area contributed by atoms with Crippen LogP contribution in [0.5, 0.6) is 0 Å². The van der Waals surface area contributed by atoms with Gasteiger partial charge >= 0.3 is 0 Å². The summed E-state index contributed by atoms with van der Waals surface area (Å²) in [5, 5.41) is 3.19. The molecule has 3 heteroatoms. The number of Topliss-reactive ketones (excluding diaryl/α,β-unsaturated/α-hetero) is 2. The van der Waals surface area contributed by atoms with E-state index in [1.54, 1.807) is 0 Å². The van der Waals surface area contributed by atoms with E-state index in [9.17, 15) is 9.59 Å². The highest BCUT2D eigenvalue weighted by atomic mass is 16.1. The van der Waals surface area contributed by atoms with Crippen molar-refractivity contribution in [1.82, 2.24) is 5.32 Å². The lowest BCUT2D eigenvalue weighted by atomic mass is 9.82. The van der Waals surface area contributed by atoms with Crippen molar-refractivity contribution < 1.29 is 9.59 Å². The van der Waals surface area contributed by atoms with Gasteiger partial charge in [0, 0.05) is 24.3 Å². The highest BCUT2D eigenvalue weighted by molar-refractivity contribution is 5.91. The summed E-state index contributed by atoms with van der Waals surface area (Å²) in [6, 6.07) is 0.105. The molecule has 0 aromatic heterocycles. The second-order valence-corrected chi connectivity index (χ2v) is 6.12. The summed E-state index contributed by atoms with van der Waals surface area (Å²) in [5.74, 6) is 0.411. The summed E-state index contributed by atoms with van der Waals surface area (Å²) in [4.78, 5) is 24.2. The second-order valence-electron chi connectivity index (χ2n) is 6.12. The lowest BCUT2D eigenvalue weighted by Crippen LogP contribution is -2.40. The molecule has 106 valence electrons. The third-order valence-electron chi connectivity index (χ3n) is 3.23. The summed E-state index contributed by atoms with van der Waals surface area (Å²) < 4.78 is 0. The Hall–Kier alpha value is -0.700. The Morgan fingerprint density at radius 3 is 1.78 bits per heavy atom. The van der Waals surface area contributed by atoms with Crippen LogP contribution >= 0.6 is 0 Å². The van der Waals surface area contributed by atoms with Gasteiger partial charge in [-0.05, 0) is 12.8 Å². The molecule has 18 heavy (non-hydrogen) atoms. The molecule has 0 fully saturated rings. The molecular weight excluding hydrogens is 226 g/mol. The molecule has 0 saturated heterocycles. The second kappa shape index (κ2) is 7.67. The molecule has 2 unspecified atom stereocenters. The molecule has 0 aliphatic heterocycles. The Labute approximate surface area is 112 Å². The van der Waals surface area contributed by atoms with Crippen LogP contribution < -0.4 is 5.32 Å². The van der Waals surface area contributed by atoms with Crippen LogP contribution in [0.25, 0.3) is 0 Å². The van der Waals surface area contributed by atoms with Gasteiger partial charge in [-0.1, -0.05) is 41.5 Å². The van der Waals surface area contributed by atoms with Crippen LogP contribution in [0.2, 0.25) is 0 Å². The van der Waals surface area contributed by atoms with Crippen molar-refractivity contribution in [3.8, 4) is 0 Å². The van der Waals surface area contributed by atoms with Crippen molar-refractivity contribution >= 4 is 11.6 Å². The fourth-order valence-corrected chi connectivity index (χ4v) is 2.08. The minimum absolute atomic E-state index is 0.00133. The van der Waals surface area contributed by atoms with Crippen LogP contribution in [0.4, 0.5) is 0 Å². The first-order chi connectivity index (χ1) is 8.16. The molecule has 0 aromatic carbocycles. The monoisotopic (exact) mass is 255 g/mol. The van der Waals surface area contributed by atoms with E-state index in [4.69, 9.17) is 0 Å². The molecule has 0 heterocycles. The summed E-state index contributed by atoms with van der Waals surface area (Å²) in [6.07, 6.45) is 0.357. The van der Waals surface area contributed by atoms with Crippen LogP contribution in [0.3, 0.4) is 0 Å². The summed E-state index contributed by atoms with van der Waals surface area (Å²) >= 11 is 0. The fraction of sp³-hybridized carbons (Fsp3) is 0.867. The summed E-state index contributed by atoms with van der Waals surface area (Å²) in [5.41, 5.74) is 0. The van der Waals surface area contributed by atoms with Gasteiger partial charge in [-0.2, -0.15) is 0 Å². The van der Waals surface area contributed by atoms with Gasteiger partial charge in [0.1, 0.15) is 11.6 Å².